The molecular formula is C15H20ClNO. The molecule has 1 unspecified atom stereocenters. The Hall–Kier alpha value is -0.730. The summed E-state index contributed by atoms with van der Waals surface area (Å²) >= 11 is 6.16. The molecule has 1 aliphatic carbocycles. The van der Waals surface area contributed by atoms with Gasteiger partial charge in [0.1, 0.15) is 0 Å². The van der Waals surface area contributed by atoms with Crippen LogP contribution in [-0.2, 0) is 4.74 Å². The molecule has 1 N–H and O–H groups in total. The van der Waals surface area contributed by atoms with Crippen LogP contribution in [0, 0.1) is 6.92 Å². The van der Waals surface area contributed by atoms with E-state index in [-0.39, 0.29) is 5.60 Å². The fourth-order valence-corrected chi connectivity index (χ4v) is 3.23. The lowest BCUT2D eigenvalue weighted by Crippen LogP contribution is -2.49. The zero-order chi connectivity index (χ0) is 12.6. The van der Waals surface area contributed by atoms with E-state index in [2.05, 4.69) is 18.3 Å². The van der Waals surface area contributed by atoms with Crippen LogP contribution in [0.2, 0.25) is 5.02 Å². The molecule has 1 saturated carbocycles. The first-order chi connectivity index (χ1) is 8.69. The van der Waals surface area contributed by atoms with Crippen molar-refractivity contribution in [3.8, 4) is 0 Å². The molecule has 1 aromatic rings. The van der Waals surface area contributed by atoms with Gasteiger partial charge >= 0.3 is 0 Å². The van der Waals surface area contributed by atoms with E-state index in [0.717, 1.165) is 30.0 Å². The summed E-state index contributed by atoms with van der Waals surface area (Å²) in [6.45, 7) is 2.96. The molecule has 1 saturated heterocycles. The Balaban J connectivity index is 1.70. The van der Waals surface area contributed by atoms with Crippen LogP contribution in [0.15, 0.2) is 18.2 Å². The molecule has 1 heterocycles. The summed E-state index contributed by atoms with van der Waals surface area (Å²) in [6, 6.07) is 6.59. The van der Waals surface area contributed by atoms with Crippen molar-refractivity contribution in [2.45, 2.75) is 50.7 Å². The fraction of sp³-hybridized carbons (Fsp3) is 0.600. The molecule has 0 amide bonds. The lowest BCUT2D eigenvalue weighted by molar-refractivity contribution is -0.130. The van der Waals surface area contributed by atoms with Crippen LogP contribution in [0.3, 0.4) is 0 Å². The van der Waals surface area contributed by atoms with Crippen molar-refractivity contribution in [3.05, 3.63) is 28.8 Å². The van der Waals surface area contributed by atoms with Gasteiger partial charge in [0, 0.05) is 23.4 Å². The average Bonchev–Trinajstić information content (AvgIpc) is 2.34. The van der Waals surface area contributed by atoms with Crippen molar-refractivity contribution >= 4 is 17.3 Å². The van der Waals surface area contributed by atoms with E-state index < -0.39 is 0 Å². The minimum Gasteiger partial charge on any atom is -0.382 e. The van der Waals surface area contributed by atoms with E-state index >= 15 is 0 Å². The summed E-state index contributed by atoms with van der Waals surface area (Å²) in [5.74, 6) is 0. The molecule has 1 aliphatic heterocycles. The predicted molar refractivity (Wildman–Crippen MR) is 75.4 cm³/mol. The van der Waals surface area contributed by atoms with Crippen molar-refractivity contribution in [1.29, 1.82) is 0 Å². The minimum atomic E-state index is 0.197. The number of nitrogens with one attached hydrogen (secondary N) is 1. The lowest BCUT2D eigenvalue weighted by atomic mass is 9.74. The van der Waals surface area contributed by atoms with Gasteiger partial charge in [-0.2, -0.15) is 0 Å². The van der Waals surface area contributed by atoms with Crippen LogP contribution in [0.25, 0.3) is 0 Å². The molecule has 2 aliphatic rings. The Morgan fingerprint density at radius 3 is 2.94 bits per heavy atom. The smallest absolute Gasteiger partial charge is 0.0702 e. The summed E-state index contributed by atoms with van der Waals surface area (Å²) in [5.41, 5.74) is 2.51. The van der Waals surface area contributed by atoms with Crippen molar-refractivity contribution < 1.29 is 4.74 Å². The van der Waals surface area contributed by atoms with Crippen molar-refractivity contribution in [3.63, 3.8) is 0 Å². The molecule has 0 aromatic heterocycles. The van der Waals surface area contributed by atoms with Crippen LogP contribution in [0.4, 0.5) is 5.69 Å². The Morgan fingerprint density at radius 2 is 2.22 bits per heavy atom. The van der Waals surface area contributed by atoms with Crippen molar-refractivity contribution in [1.82, 2.24) is 0 Å². The van der Waals surface area contributed by atoms with Gasteiger partial charge in [0.15, 0.2) is 0 Å². The lowest BCUT2D eigenvalue weighted by Gasteiger charge is -2.47. The molecule has 18 heavy (non-hydrogen) atoms. The normalized spacial score (nSPS) is 25.8. The number of rotatable bonds is 2. The summed E-state index contributed by atoms with van der Waals surface area (Å²) in [7, 11) is 0. The van der Waals surface area contributed by atoms with Gasteiger partial charge in [0.2, 0.25) is 0 Å². The van der Waals surface area contributed by atoms with Gasteiger partial charge < -0.3 is 10.1 Å². The minimum absolute atomic E-state index is 0.197. The predicted octanol–water partition coefficient (Wildman–Crippen LogP) is 4.16. The average molecular weight is 266 g/mol. The third-order valence-electron chi connectivity index (χ3n) is 4.39. The Labute approximate surface area is 114 Å². The Bertz CT molecular complexity index is 442. The maximum atomic E-state index is 6.16. The zero-order valence-electron chi connectivity index (χ0n) is 10.8. The molecule has 3 heteroatoms. The molecule has 3 rings (SSSR count). The highest BCUT2D eigenvalue weighted by Crippen LogP contribution is 2.43. The second-order valence-corrected chi connectivity index (χ2v) is 6.04. The Morgan fingerprint density at radius 1 is 1.39 bits per heavy atom. The maximum Gasteiger partial charge on any atom is 0.0702 e. The largest absolute Gasteiger partial charge is 0.382 e. The fourth-order valence-electron chi connectivity index (χ4n) is 3.05. The first kappa shape index (κ1) is 12.3. The van der Waals surface area contributed by atoms with Gasteiger partial charge in [-0.1, -0.05) is 17.7 Å². The van der Waals surface area contributed by atoms with E-state index in [0.29, 0.717) is 6.04 Å². The molecular weight excluding hydrogens is 246 g/mol. The second-order valence-electron chi connectivity index (χ2n) is 5.63. The third kappa shape index (κ3) is 2.24. The number of anilines is 1. The number of hydrogen-bond donors (Lipinski definition) is 1. The molecule has 2 nitrogen and oxygen atoms in total. The molecule has 1 atom stereocenters. The van der Waals surface area contributed by atoms with E-state index in [4.69, 9.17) is 16.3 Å². The molecule has 0 radical (unpaired) electrons. The van der Waals surface area contributed by atoms with Gasteiger partial charge in [-0.25, -0.2) is 0 Å². The number of hydrogen-bond acceptors (Lipinski definition) is 2. The third-order valence-corrected chi connectivity index (χ3v) is 4.79. The quantitative estimate of drug-likeness (QED) is 0.867. The van der Waals surface area contributed by atoms with Crippen LogP contribution < -0.4 is 5.32 Å². The maximum absolute atomic E-state index is 6.16. The highest BCUT2D eigenvalue weighted by molar-refractivity contribution is 6.31. The number of halogens is 1. The summed E-state index contributed by atoms with van der Waals surface area (Å²) < 4.78 is 5.96. The summed E-state index contributed by atoms with van der Waals surface area (Å²) in [5, 5.41) is 4.49. The highest BCUT2D eigenvalue weighted by Gasteiger charge is 2.42. The molecule has 1 spiro atoms. The number of ether oxygens (including phenoxy) is 1. The first-order valence-electron chi connectivity index (χ1n) is 6.84. The van der Waals surface area contributed by atoms with E-state index in [1.165, 1.54) is 24.9 Å². The van der Waals surface area contributed by atoms with Crippen molar-refractivity contribution in [2.75, 3.05) is 11.9 Å². The van der Waals surface area contributed by atoms with Crippen molar-refractivity contribution in [2.24, 2.45) is 0 Å². The van der Waals surface area contributed by atoms with Crippen LogP contribution in [0.1, 0.15) is 37.7 Å². The molecule has 2 fully saturated rings. The first-order valence-corrected chi connectivity index (χ1v) is 7.22. The topological polar surface area (TPSA) is 21.3 Å². The second kappa shape index (κ2) is 4.75. The van der Waals surface area contributed by atoms with E-state index in [9.17, 15) is 0 Å². The van der Waals surface area contributed by atoms with Crippen LogP contribution >= 0.6 is 11.6 Å². The number of benzene rings is 1. The Kier molecular flexibility index (Phi) is 3.25. The molecule has 0 bridgehead atoms. The summed E-state index contributed by atoms with van der Waals surface area (Å²) in [6.07, 6.45) is 6.02. The van der Waals surface area contributed by atoms with Gasteiger partial charge in [-0.05, 0) is 56.7 Å². The zero-order valence-corrected chi connectivity index (χ0v) is 11.6. The standard InChI is InChI=1S/C15H20ClNO/c1-11-13(16)4-2-5-14(11)17-12-6-9-18-15(10-12)7-3-8-15/h2,4-5,12,17H,3,6-10H2,1H3. The summed E-state index contributed by atoms with van der Waals surface area (Å²) in [4.78, 5) is 0. The van der Waals surface area contributed by atoms with Gasteiger partial charge in [0.25, 0.3) is 0 Å². The van der Waals surface area contributed by atoms with Crippen LogP contribution in [0.5, 0.6) is 0 Å². The van der Waals surface area contributed by atoms with E-state index in [1.54, 1.807) is 0 Å². The SMILES string of the molecule is Cc1c(Cl)cccc1NC1CCOC2(CCC2)C1. The van der Waals surface area contributed by atoms with Crippen LogP contribution in [-0.4, -0.2) is 18.2 Å². The van der Waals surface area contributed by atoms with Gasteiger partial charge in [0.05, 0.1) is 5.60 Å². The van der Waals surface area contributed by atoms with Gasteiger partial charge in [-0.3, -0.25) is 0 Å². The molecule has 98 valence electrons. The highest BCUT2D eigenvalue weighted by atomic mass is 35.5. The monoisotopic (exact) mass is 265 g/mol. The van der Waals surface area contributed by atoms with Gasteiger partial charge in [-0.15, -0.1) is 0 Å². The molecule has 1 aromatic carbocycles. The van der Waals surface area contributed by atoms with E-state index in [1.807, 2.05) is 12.1 Å².